The van der Waals surface area contributed by atoms with Crippen LogP contribution in [-0.4, -0.2) is 22.9 Å². The van der Waals surface area contributed by atoms with Crippen molar-refractivity contribution in [3.05, 3.63) is 88.1 Å². The van der Waals surface area contributed by atoms with Crippen LogP contribution >= 0.6 is 0 Å². The molecule has 9 heteroatoms. The zero-order valence-electron chi connectivity index (χ0n) is 16.3. The van der Waals surface area contributed by atoms with Crippen molar-refractivity contribution in [1.29, 1.82) is 5.26 Å². The summed E-state index contributed by atoms with van der Waals surface area (Å²) in [4.78, 5) is 26.5. The first kappa shape index (κ1) is 21.0. The second kappa shape index (κ2) is 9.67. The van der Waals surface area contributed by atoms with Gasteiger partial charge in [0.05, 0.1) is 17.7 Å². The number of para-hydroxylation sites is 2. The number of aromatic nitrogens is 1. The normalized spacial score (nSPS) is 10.6. The molecule has 0 atom stereocenters. The molecule has 31 heavy (non-hydrogen) atoms. The maximum Gasteiger partial charge on any atom is 0.287 e. The van der Waals surface area contributed by atoms with Crippen LogP contribution < -0.4 is 14.8 Å². The summed E-state index contributed by atoms with van der Waals surface area (Å²) in [7, 11) is 1.49. The highest BCUT2D eigenvalue weighted by Crippen LogP contribution is 2.25. The van der Waals surface area contributed by atoms with Crippen molar-refractivity contribution in [2.45, 2.75) is 0 Å². The lowest BCUT2D eigenvalue weighted by molar-refractivity contribution is -0.385. The zero-order valence-corrected chi connectivity index (χ0v) is 16.3. The van der Waals surface area contributed by atoms with Crippen LogP contribution in [0.3, 0.4) is 0 Å². The van der Waals surface area contributed by atoms with Crippen LogP contribution in [0, 0.1) is 21.4 Å². The Morgan fingerprint density at radius 2 is 1.90 bits per heavy atom. The first-order chi connectivity index (χ1) is 15.0. The predicted molar refractivity (Wildman–Crippen MR) is 113 cm³/mol. The molecule has 0 unspecified atom stereocenters. The van der Waals surface area contributed by atoms with E-state index in [-0.39, 0.29) is 17.1 Å². The molecular weight excluding hydrogens is 400 g/mol. The molecule has 3 aromatic rings. The number of nitro groups is 1. The Balaban J connectivity index is 1.70. The summed E-state index contributed by atoms with van der Waals surface area (Å²) in [5.41, 5.74) is 0.839. The quantitative estimate of drug-likeness (QED) is 0.263. The van der Waals surface area contributed by atoms with Gasteiger partial charge in [0.1, 0.15) is 29.3 Å². The molecule has 154 valence electrons. The van der Waals surface area contributed by atoms with Crippen LogP contribution in [0.1, 0.15) is 5.56 Å². The molecule has 0 radical (unpaired) electrons. The van der Waals surface area contributed by atoms with E-state index in [9.17, 15) is 20.2 Å². The number of nitrogens with zero attached hydrogens (tertiary/aromatic N) is 3. The third kappa shape index (κ3) is 5.42. The molecule has 0 fully saturated rings. The molecule has 1 amide bonds. The third-order valence-corrected chi connectivity index (χ3v) is 4.07. The molecule has 0 aliphatic rings. The summed E-state index contributed by atoms with van der Waals surface area (Å²) in [6.45, 7) is 0. The van der Waals surface area contributed by atoms with Crippen LogP contribution in [0.2, 0.25) is 0 Å². The average molecular weight is 416 g/mol. The molecule has 3 rings (SSSR count). The lowest BCUT2D eigenvalue weighted by Crippen LogP contribution is -2.14. The number of anilines is 1. The fraction of sp³-hybridized carbons (Fsp3) is 0.0455. The van der Waals surface area contributed by atoms with Crippen molar-refractivity contribution in [2.75, 3.05) is 12.4 Å². The lowest BCUT2D eigenvalue weighted by atomic mass is 10.1. The number of amides is 1. The van der Waals surface area contributed by atoms with E-state index in [1.807, 2.05) is 6.07 Å². The van der Waals surface area contributed by atoms with E-state index in [1.165, 1.54) is 25.3 Å². The van der Waals surface area contributed by atoms with Gasteiger partial charge in [0.25, 0.3) is 11.6 Å². The minimum Gasteiger partial charge on any atom is -0.495 e. The maximum absolute atomic E-state index is 12.5. The van der Waals surface area contributed by atoms with Crippen molar-refractivity contribution in [3.8, 4) is 23.4 Å². The molecule has 0 aliphatic carbocycles. The highest BCUT2D eigenvalue weighted by Gasteiger charge is 2.12. The van der Waals surface area contributed by atoms with Gasteiger partial charge in [-0.05, 0) is 35.9 Å². The Morgan fingerprint density at radius 1 is 1.16 bits per heavy atom. The van der Waals surface area contributed by atoms with Crippen molar-refractivity contribution in [1.82, 2.24) is 4.98 Å². The first-order valence-electron chi connectivity index (χ1n) is 8.94. The molecule has 9 nitrogen and oxygen atoms in total. The van der Waals surface area contributed by atoms with Crippen molar-refractivity contribution >= 4 is 23.4 Å². The van der Waals surface area contributed by atoms with Gasteiger partial charge in [0.2, 0.25) is 5.88 Å². The molecular formula is C22H16N4O5. The monoisotopic (exact) mass is 416 g/mol. The molecule has 0 bridgehead atoms. The van der Waals surface area contributed by atoms with E-state index < -0.39 is 10.8 Å². The van der Waals surface area contributed by atoms with Crippen molar-refractivity contribution < 1.29 is 19.2 Å². The van der Waals surface area contributed by atoms with E-state index in [0.717, 1.165) is 6.20 Å². The van der Waals surface area contributed by atoms with E-state index in [0.29, 0.717) is 22.7 Å². The fourth-order valence-corrected chi connectivity index (χ4v) is 2.55. The molecule has 0 aliphatic heterocycles. The minimum atomic E-state index is -0.567. The third-order valence-electron chi connectivity index (χ3n) is 4.07. The summed E-state index contributed by atoms with van der Waals surface area (Å²) < 4.78 is 10.7. The number of carbonyl (C=O) groups excluding carboxylic acids is 1. The van der Waals surface area contributed by atoms with Crippen LogP contribution in [0.15, 0.2) is 72.4 Å². The number of carbonyl (C=O) groups is 1. The van der Waals surface area contributed by atoms with E-state index >= 15 is 0 Å². The number of nitriles is 1. The van der Waals surface area contributed by atoms with Crippen molar-refractivity contribution in [2.24, 2.45) is 0 Å². The fourth-order valence-electron chi connectivity index (χ4n) is 2.55. The topological polar surface area (TPSA) is 127 Å². The molecule has 2 aromatic carbocycles. The second-order valence-corrected chi connectivity index (χ2v) is 6.11. The highest BCUT2D eigenvalue weighted by molar-refractivity contribution is 6.10. The van der Waals surface area contributed by atoms with Gasteiger partial charge in [-0.1, -0.05) is 24.3 Å². The minimum absolute atomic E-state index is 0.0865. The van der Waals surface area contributed by atoms with Gasteiger partial charge in [0, 0.05) is 12.1 Å². The SMILES string of the molecule is COc1ccccc1NC(=O)/C(C#N)=C\c1ccc(Oc2ccc([N+](=O)[O-])cn2)cc1. The largest absolute Gasteiger partial charge is 0.495 e. The maximum atomic E-state index is 12.5. The van der Waals surface area contributed by atoms with Gasteiger partial charge in [-0.15, -0.1) is 0 Å². The Bertz CT molecular complexity index is 1170. The highest BCUT2D eigenvalue weighted by atomic mass is 16.6. The number of hydrogen-bond donors (Lipinski definition) is 1. The van der Waals surface area contributed by atoms with Crippen molar-refractivity contribution in [3.63, 3.8) is 0 Å². The number of rotatable bonds is 7. The van der Waals surface area contributed by atoms with Gasteiger partial charge in [-0.25, -0.2) is 4.98 Å². The molecule has 0 spiro atoms. The van der Waals surface area contributed by atoms with Crippen LogP contribution in [0.25, 0.3) is 6.08 Å². The number of hydrogen-bond acceptors (Lipinski definition) is 7. The summed E-state index contributed by atoms with van der Waals surface area (Å²) in [6, 6.07) is 18.0. The van der Waals surface area contributed by atoms with Crippen LogP contribution in [-0.2, 0) is 4.79 Å². The number of nitrogens with one attached hydrogen (secondary N) is 1. The molecule has 0 saturated heterocycles. The van der Waals surface area contributed by atoms with Gasteiger partial charge in [0.15, 0.2) is 0 Å². The Kier molecular flexibility index (Phi) is 6.55. The number of ether oxygens (including phenoxy) is 2. The Morgan fingerprint density at radius 3 is 2.52 bits per heavy atom. The van der Waals surface area contributed by atoms with E-state index in [4.69, 9.17) is 9.47 Å². The van der Waals surface area contributed by atoms with E-state index in [2.05, 4.69) is 10.3 Å². The molecule has 1 aromatic heterocycles. The summed E-state index contributed by atoms with van der Waals surface area (Å²) in [5, 5.41) is 22.7. The molecule has 1 heterocycles. The zero-order chi connectivity index (χ0) is 22.2. The first-order valence-corrected chi connectivity index (χ1v) is 8.94. The van der Waals surface area contributed by atoms with Gasteiger partial charge in [-0.3, -0.25) is 14.9 Å². The Hall–Kier alpha value is -4.71. The Labute approximate surface area is 177 Å². The lowest BCUT2D eigenvalue weighted by Gasteiger charge is -2.09. The number of methoxy groups -OCH3 is 1. The summed E-state index contributed by atoms with van der Waals surface area (Å²) in [5.74, 6) is 0.551. The smallest absolute Gasteiger partial charge is 0.287 e. The number of benzene rings is 2. The standard InChI is InChI=1S/C22H16N4O5/c1-30-20-5-3-2-4-19(20)25-22(27)16(13-23)12-15-6-9-18(10-7-15)31-21-11-8-17(14-24-21)26(28)29/h2-12,14H,1H3,(H,25,27)/b16-12-. The molecule has 0 saturated carbocycles. The van der Waals surface area contributed by atoms with Gasteiger partial charge in [-0.2, -0.15) is 5.26 Å². The summed E-state index contributed by atoms with van der Waals surface area (Å²) in [6.07, 6.45) is 2.55. The second-order valence-electron chi connectivity index (χ2n) is 6.11. The summed E-state index contributed by atoms with van der Waals surface area (Å²) >= 11 is 0. The average Bonchev–Trinajstić information content (AvgIpc) is 2.79. The van der Waals surface area contributed by atoms with Gasteiger partial charge >= 0.3 is 0 Å². The predicted octanol–water partition coefficient (Wildman–Crippen LogP) is 4.34. The van der Waals surface area contributed by atoms with E-state index in [1.54, 1.807) is 48.5 Å². The van der Waals surface area contributed by atoms with Crippen LogP contribution in [0.4, 0.5) is 11.4 Å². The van der Waals surface area contributed by atoms with Crippen LogP contribution in [0.5, 0.6) is 17.4 Å². The van der Waals surface area contributed by atoms with Gasteiger partial charge < -0.3 is 14.8 Å². The molecule has 1 N–H and O–H groups in total. The number of pyridine rings is 1.